The number of nitrogens with two attached hydrogens (primary N) is 1. The number of nitrogens with one attached hydrogen (secondary N) is 1. The maximum atomic E-state index is 11.5. The van der Waals surface area contributed by atoms with Crippen molar-refractivity contribution >= 4 is 5.91 Å². The first-order valence-electron chi connectivity index (χ1n) is 6.38. The van der Waals surface area contributed by atoms with Crippen LogP contribution < -0.4 is 11.3 Å². The number of nitrogens with zero attached hydrogens (tertiary/aromatic N) is 2. The minimum atomic E-state index is -0.0934. The van der Waals surface area contributed by atoms with Crippen LogP contribution in [-0.4, -0.2) is 55.0 Å². The van der Waals surface area contributed by atoms with Crippen LogP contribution in [0.15, 0.2) is 0 Å². The molecule has 0 bridgehead atoms. The number of carbonyl (C=O) groups is 1. The zero-order chi connectivity index (χ0) is 13.0. The van der Waals surface area contributed by atoms with Crippen LogP contribution in [0.2, 0.25) is 0 Å². The van der Waals surface area contributed by atoms with Crippen LogP contribution in [0.3, 0.4) is 0 Å². The van der Waals surface area contributed by atoms with Gasteiger partial charge in [-0.2, -0.15) is 0 Å². The van der Waals surface area contributed by atoms with E-state index in [2.05, 4.69) is 36.2 Å². The Hall–Kier alpha value is -0.650. The molecule has 0 aromatic carbocycles. The molecule has 1 aliphatic heterocycles. The van der Waals surface area contributed by atoms with Crippen molar-refractivity contribution < 1.29 is 4.79 Å². The number of hydrogen-bond donors (Lipinski definition) is 2. The van der Waals surface area contributed by atoms with E-state index in [1.165, 1.54) is 19.4 Å². The van der Waals surface area contributed by atoms with E-state index in [0.717, 1.165) is 6.54 Å². The standard InChI is InChI=1S/C12H26N4O/c1-9(12(17)14-13)10(2)16(4)8-11-6-5-7-15(11)3/h9-11H,5-8,13H2,1-4H3,(H,14,17). The first kappa shape index (κ1) is 14.4. The van der Waals surface area contributed by atoms with Gasteiger partial charge in [-0.3, -0.25) is 10.2 Å². The third-order valence-electron chi connectivity index (χ3n) is 4.14. The Balaban J connectivity index is 2.45. The first-order chi connectivity index (χ1) is 7.97. The van der Waals surface area contributed by atoms with E-state index in [1.807, 2.05) is 6.92 Å². The van der Waals surface area contributed by atoms with Crippen LogP contribution in [0.4, 0.5) is 0 Å². The monoisotopic (exact) mass is 242 g/mol. The summed E-state index contributed by atoms with van der Waals surface area (Å²) in [4.78, 5) is 16.1. The highest BCUT2D eigenvalue weighted by atomic mass is 16.2. The number of hydrogen-bond acceptors (Lipinski definition) is 4. The molecule has 1 rings (SSSR count). The van der Waals surface area contributed by atoms with E-state index in [4.69, 9.17) is 5.84 Å². The Bertz CT molecular complexity index is 259. The number of likely N-dealkylation sites (N-methyl/N-ethyl adjacent to an activating group) is 2. The van der Waals surface area contributed by atoms with Gasteiger partial charge in [0.1, 0.15) is 0 Å². The van der Waals surface area contributed by atoms with E-state index < -0.39 is 0 Å². The molecule has 5 nitrogen and oxygen atoms in total. The fourth-order valence-electron chi connectivity index (χ4n) is 2.44. The minimum Gasteiger partial charge on any atom is -0.302 e. The summed E-state index contributed by atoms with van der Waals surface area (Å²) in [6.45, 7) is 6.20. The van der Waals surface area contributed by atoms with Gasteiger partial charge >= 0.3 is 0 Å². The largest absolute Gasteiger partial charge is 0.302 e. The van der Waals surface area contributed by atoms with Crippen molar-refractivity contribution in [2.45, 2.75) is 38.8 Å². The summed E-state index contributed by atoms with van der Waals surface area (Å²) in [6, 6.07) is 0.822. The van der Waals surface area contributed by atoms with E-state index >= 15 is 0 Å². The van der Waals surface area contributed by atoms with Crippen molar-refractivity contribution in [1.82, 2.24) is 15.2 Å². The minimum absolute atomic E-state index is 0.0864. The second kappa shape index (κ2) is 6.33. The summed E-state index contributed by atoms with van der Waals surface area (Å²) in [7, 11) is 4.25. The SMILES string of the molecule is CC(C(=O)NN)C(C)N(C)CC1CCCN1C. The lowest BCUT2D eigenvalue weighted by atomic mass is 10.0. The molecule has 17 heavy (non-hydrogen) atoms. The van der Waals surface area contributed by atoms with Gasteiger partial charge in [0.05, 0.1) is 5.92 Å². The molecule has 0 aromatic heterocycles. The lowest BCUT2D eigenvalue weighted by Gasteiger charge is -2.32. The van der Waals surface area contributed by atoms with Crippen LogP contribution in [0.1, 0.15) is 26.7 Å². The van der Waals surface area contributed by atoms with Crippen LogP contribution in [0.25, 0.3) is 0 Å². The molecular weight excluding hydrogens is 216 g/mol. The fraction of sp³-hybridized carbons (Fsp3) is 0.917. The Labute approximate surface area is 104 Å². The van der Waals surface area contributed by atoms with Crippen molar-refractivity contribution in [3.05, 3.63) is 0 Å². The van der Waals surface area contributed by atoms with Gasteiger partial charge in [-0.05, 0) is 40.4 Å². The Morgan fingerprint density at radius 3 is 2.71 bits per heavy atom. The zero-order valence-electron chi connectivity index (χ0n) is 11.4. The van der Waals surface area contributed by atoms with Gasteiger partial charge in [-0.15, -0.1) is 0 Å². The van der Waals surface area contributed by atoms with Crippen molar-refractivity contribution in [3.63, 3.8) is 0 Å². The predicted molar refractivity (Wildman–Crippen MR) is 69.2 cm³/mol. The molecule has 100 valence electrons. The van der Waals surface area contributed by atoms with Crippen LogP contribution in [-0.2, 0) is 4.79 Å². The van der Waals surface area contributed by atoms with Crippen LogP contribution in [0.5, 0.6) is 0 Å². The zero-order valence-corrected chi connectivity index (χ0v) is 11.4. The van der Waals surface area contributed by atoms with Gasteiger partial charge < -0.3 is 9.80 Å². The maximum Gasteiger partial charge on any atom is 0.238 e. The molecule has 3 atom stereocenters. The average Bonchev–Trinajstić information content (AvgIpc) is 2.72. The quantitative estimate of drug-likeness (QED) is 0.405. The van der Waals surface area contributed by atoms with Gasteiger partial charge in [0, 0.05) is 18.6 Å². The highest BCUT2D eigenvalue weighted by Gasteiger charge is 2.27. The summed E-state index contributed by atoms with van der Waals surface area (Å²) < 4.78 is 0. The van der Waals surface area contributed by atoms with E-state index in [-0.39, 0.29) is 17.9 Å². The first-order valence-corrected chi connectivity index (χ1v) is 6.38. The van der Waals surface area contributed by atoms with Crippen LogP contribution in [0, 0.1) is 5.92 Å². The van der Waals surface area contributed by atoms with Gasteiger partial charge in [-0.1, -0.05) is 6.92 Å². The number of hydrazine groups is 1. The Morgan fingerprint density at radius 1 is 1.59 bits per heavy atom. The second-order valence-corrected chi connectivity index (χ2v) is 5.25. The van der Waals surface area contributed by atoms with Gasteiger partial charge in [0.15, 0.2) is 0 Å². The molecule has 0 aliphatic carbocycles. The third-order valence-corrected chi connectivity index (χ3v) is 4.14. The summed E-state index contributed by atoms with van der Waals surface area (Å²) in [5.74, 6) is 4.99. The summed E-state index contributed by atoms with van der Waals surface area (Å²) in [5.41, 5.74) is 2.23. The van der Waals surface area contributed by atoms with Crippen molar-refractivity contribution in [2.75, 3.05) is 27.2 Å². The normalized spacial score (nSPS) is 24.9. The van der Waals surface area contributed by atoms with Crippen LogP contribution >= 0.6 is 0 Å². The fourth-order valence-corrected chi connectivity index (χ4v) is 2.44. The van der Waals surface area contributed by atoms with Gasteiger partial charge in [0.25, 0.3) is 0 Å². The average molecular weight is 242 g/mol. The molecule has 0 spiro atoms. The van der Waals surface area contributed by atoms with Gasteiger partial charge in [-0.25, -0.2) is 5.84 Å². The highest BCUT2D eigenvalue weighted by molar-refractivity contribution is 5.78. The molecule has 1 heterocycles. The molecular formula is C12H26N4O. The number of amides is 1. The van der Waals surface area contributed by atoms with E-state index in [9.17, 15) is 4.79 Å². The molecule has 1 saturated heterocycles. The summed E-state index contributed by atoms with van der Waals surface area (Å²) in [6.07, 6.45) is 2.53. The number of carbonyl (C=O) groups excluding carboxylic acids is 1. The molecule has 1 fully saturated rings. The summed E-state index contributed by atoms with van der Waals surface area (Å²) in [5, 5.41) is 0. The van der Waals surface area contributed by atoms with E-state index in [1.54, 1.807) is 0 Å². The van der Waals surface area contributed by atoms with Crippen molar-refractivity contribution in [1.29, 1.82) is 0 Å². The smallest absolute Gasteiger partial charge is 0.238 e. The van der Waals surface area contributed by atoms with E-state index in [0.29, 0.717) is 6.04 Å². The van der Waals surface area contributed by atoms with Crippen molar-refractivity contribution in [2.24, 2.45) is 11.8 Å². The van der Waals surface area contributed by atoms with Gasteiger partial charge in [0.2, 0.25) is 5.91 Å². The Kier molecular flexibility index (Phi) is 5.36. The maximum absolute atomic E-state index is 11.5. The molecule has 0 saturated carbocycles. The summed E-state index contributed by atoms with van der Waals surface area (Å²) >= 11 is 0. The topological polar surface area (TPSA) is 61.6 Å². The lowest BCUT2D eigenvalue weighted by molar-refractivity contribution is -0.126. The third kappa shape index (κ3) is 3.66. The molecule has 1 amide bonds. The number of likely N-dealkylation sites (tertiary alicyclic amines) is 1. The Morgan fingerprint density at radius 2 is 2.24 bits per heavy atom. The molecule has 0 radical (unpaired) electrons. The van der Waals surface area contributed by atoms with Crippen molar-refractivity contribution in [3.8, 4) is 0 Å². The lowest BCUT2D eigenvalue weighted by Crippen LogP contribution is -2.47. The number of rotatable bonds is 5. The predicted octanol–water partition coefficient (Wildman–Crippen LogP) is 0.0269. The molecule has 3 N–H and O–H groups in total. The second-order valence-electron chi connectivity index (χ2n) is 5.25. The molecule has 0 aromatic rings. The molecule has 3 unspecified atom stereocenters. The molecule has 1 aliphatic rings. The molecule has 5 heteroatoms. The highest BCUT2D eigenvalue weighted by Crippen LogP contribution is 2.18.